The number of carboxylic acid groups (broad SMARTS) is 1. The van der Waals surface area contributed by atoms with Gasteiger partial charge in [-0.3, -0.25) is 4.79 Å². The molecule has 0 saturated heterocycles. The summed E-state index contributed by atoms with van der Waals surface area (Å²) in [6.07, 6.45) is 2.34. The molecule has 0 unspecified atom stereocenters. The Bertz CT molecular complexity index is 639. The van der Waals surface area contributed by atoms with Gasteiger partial charge in [0.05, 0.1) is 12.0 Å². The Morgan fingerprint density at radius 3 is 2.85 bits per heavy atom. The smallest absolute Gasteiger partial charge is 0.303 e. The Balaban J connectivity index is 1.93. The standard InChI is InChI=1S/C15H15NO4/c16-10-13-15(11-6-3-4-7-12(11)20-13)19-9-5-1-2-8-14(17)18/h3-4,6-7H,1-2,5,8-9H2,(H,17,18). The summed E-state index contributed by atoms with van der Waals surface area (Å²) in [5, 5.41) is 18.3. The molecule has 0 radical (unpaired) electrons. The Morgan fingerprint density at radius 2 is 2.10 bits per heavy atom. The summed E-state index contributed by atoms with van der Waals surface area (Å²) in [7, 11) is 0. The molecule has 0 aliphatic heterocycles. The van der Waals surface area contributed by atoms with Crippen molar-refractivity contribution < 1.29 is 19.1 Å². The second-order valence-corrected chi connectivity index (χ2v) is 4.42. The maximum absolute atomic E-state index is 10.4. The van der Waals surface area contributed by atoms with Crippen LogP contribution in [-0.4, -0.2) is 17.7 Å². The lowest BCUT2D eigenvalue weighted by atomic mass is 10.2. The van der Waals surface area contributed by atoms with Crippen molar-refractivity contribution >= 4 is 16.9 Å². The summed E-state index contributed by atoms with van der Waals surface area (Å²) in [6, 6.07) is 9.31. The predicted molar refractivity (Wildman–Crippen MR) is 72.5 cm³/mol. The van der Waals surface area contributed by atoms with Gasteiger partial charge in [0.1, 0.15) is 11.7 Å². The van der Waals surface area contributed by atoms with Crippen LogP contribution in [0, 0.1) is 11.3 Å². The summed E-state index contributed by atoms with van der Waals surface area (Å²) in [6.45, 7) is 0.442. The van der Waals surface area contributed by atoms with Crippen molar-refractivity contribution in [3.05, 3.63) is 30.0 Å². The second-order valence-electron chi connectivity index (χ2n) is 4.42. The summed E-state index contributed by atoms with van der Waals surface area (Å²) in [5.74, 6) is -0.128. The molecule has 0 fully saturated rings. The number of carbonyl (C=O) groups is 1. The number of unbranched alkanes of at least 4 members (excludes halogenated alkanes) is 2. The zero-order valence-electron chi connectivity index (χ0n) is 11.0. The quantitative estimate of drug-likeness (QED) is 0.782. The zero-order valence-corrected chi connectivity index (χ0v) is 11.0. The number of hydrogen-bond donors (Lipinski definition) is 1. The third-order valence-electron chi connectivity index (χ3n) is 2.93. The number of furan rings is 1. The van der Waals surface area contributed by atoms with Crippen LogP contribution in [0.1, 0.15) is 31.4 Å². The van der Waals surface area contributed by atoms with Gasteiger partial charge in [-0.15, -0.1) is 0 Å². The molecular formula is C15H15NO4. The Hall–Kier alpha value is -2.48. The summed E-state index contributed by atoms with van der Waals surface area (Å²) >= 11 is 0. The van der Waals surface area contributed by atoms with Crippen LogP contribution in [0.15, 0.2) is 28.7 Å². The maximum Gasteiger partial charge on any atom is 0.303 e. The van der Waals surface area contributed by atoms with Crippen molar-refractivity contribution in [2.24, 2.45) is 0 Å². The Labute approximate surface area is 116 Å². The second kappa shape index (κ2) is 6.62. The number of para-hydroxylation sites is 1. The lowest BCUT2D eigenvalue weighted by Crippen LogP contribution is -1.99. The highest BCUT2D eigenvalue weighted by molar-refractivity contribution is 5.86. The van der Waals surface area contributed by atoms with Crippen LogP contribution in [0.4, 0.5) is 0 Å². The van der Waals surface area contributed by atoms with E-state index in [2.05, 4.69) is 0 Å². The molecule has 104 valence electrons. The predicted octanol–water partition coefficient (Wildman–Crippen LogP) is 3.33. The van der Waals surface area contributed by atoms with E-state index in [9.17, 15) is 4.79 Å². The molecule has 1 aromatic carbocycles. The molecular weight excluding hydrogens is 258 g/mol. The largest absolute Gasteiger partial charge is 0.488 e. The molecule has 20 heavy (non-hydrogen) atoms. The van der Waals surface area contributed by atoms with Crippen LogP contribution < -0.4 is 4.74 Å². The van der Waals surface area contributed by atoms with Gasteiger partial charge < -0.3 is 14.3 Å². The van der Waals surface area contributed by atoms with E-state index in [4.69, 9.17) is 19.5 Å². The van der Waals surface area contributed by atoms with Gasteiger partial charge in [-0.1, -0.05) is 12.1 Å². The maximum atomic E-state index is 10.4. The van der Waals surface area contributed by atoms with Gasteiger partial charge >= 0.3 is 5.97 Å². The Kier molecular flexibility index (Phi) is 4.61. The number of nitriles is 1. The highest BCUT2D eigenvalue weighted by Crippen LogP contribution is 2.32. The molecule has 0 spiro atoms. The molecule has 2 aromatic rings. The van der Waals surface area contributed by atoms with Crippen molar-refractivity contribution in [1.29, 1.82) is 5.26 Å². The van der Waals surface area contributed by atoms with E-state index in [1.165, 1.54) is 0 Å². The van der Waals surface area contributed by atoms with Crippen molar-refractivity contribution in [3.63, 3.8) is 0 Å². The zero-order chi connectivity index (χ0) is 14.4. The summed E-state index contributed by atoms with van der Waals surface area (Å²) in [4.78, 5) is 10.4. The van der Waals surface area contributed by atoms with Crippen molar-refractivity contribution in [2.45, 2.75) is 25.7 Å². The third-order valence-corrected chi connectivity index (χ3v) is 2.93. The molecule has 5 heteroatoms. The number of ether oxygens (including phenoxy) is 1. The fourth-order valence-corrected chi connectivity index (χ4v) is 1.97. The number of aliphatic carboxylic acids is 1. The van der Waals surface area contributed by atoms with Crippen molar-refractivity contribution in [1.82, 2.24) is 0 Å². The van der Waals surface area contributed by atoms with E-state index < -0.39 is 5.97 Å². The molecule has 2 rings (SSSR count). The number of hydrogen-bond acceptors (Lipinski definition) is 4. The fourth-order valence-electron chi connectivity index (χ4n) is 1.97. The monoisotopic (exact) mass is 273 g/mol. The summed E-state index contributed by atoms with van der Waals surface area (Å²) < 4.78 is 11.0. The minimum absolute atomic E-state index is 0.178. The van der Waals surface area contributed by atoms with E-state index in [0.29, 0.717) is 24.4 Å². The first-order valence-electron chi connectivity index (χ1n) is 6.48. The van der Waals surface area contributed by atoms with Gasteiger partial charge in [-0.05, 0) is 31.4 Å². The molecule has 1 aromatic heterocycles. The molecule has 0 aliphatic rings. The van der Waals surface area contributed by atoms with Crippen LogP contribution in [0.3, 0.4) is 0 Å². The Morgan fingerprint density at radius 1 is 1.30 bits per heavy atom. The van der Waals surface area contributed by atoms with Gasteiger partial charge in [-0.2, -0.15) is 5.26 Å². The lowest BCUT2D eigenvalue weighted by molar-refractivity contribution is -0.137. The van der Waals surface area contributed by atoms with Gasteiger partial charge in [-0.25, -0.2) is 0 Å². The van der Waals surface area contributed by atoms with Crippen LogP contribution >= 0.6 is 0 Å². The average Bonchev–Trinajstić information content (AvgIpc) is 2.80. The van der Waals surface area contributed by atoms with Gasteiger partial charge in [0.25, 0.3) is 0 Å². The summed E-state index contributed by atoms with van der Waals surface area (Å²) in [5.41, 5.74) is 0.630. The number of rotatable bonds is 7. The molecule has 5 nitrogen and oxygen atoms in total. The molecule has 0 saturated carbocycles. The molecule has 0 aliphatic carbocycles. The van der Waals surface area contributed by atoms with E-state index in [-0.39, 0.29) is 12.2 Å². The number of carboxylic acids is 1. The van der Waals surface area contributed by atoms with Crippen molar-refractivity contribution in [2.75, 3.05) is 6.61 Å². The van der Waals surface area contributed by atoms with Gasteiger partial charge in [0.2, 0.25) is 5.76 Å². The first-order chi connectivity index (χ1) is 9.72. The normalized spacial score (nSPS) is 10.3. The minimum Gasteiger partial charge on any atom is -0.488 e. The van der Waals surface area contributed by atoms with Crippen LogP contribution in [0.5, 0.6) is 5.75 Å². The van der Waals surface area contributed by atoms with E-state index in [0.717, 1.165) is 18.2 Å². The molecule has 0 amide bonds. The highest BCUT2D eigenvalue weighted by atomic mass is 16.5. The van der Waals surface area contributed by atoms with Crippen molar-refractivity contribution in [3.8, 4) is 11.8 Å². The number of benzene rings is 1. The topological polar surface area (TPSA) is 83.5 Å². The third kappa shape index (κ3) is 3.29. The van der Waals surface area contributed by atoms with Gasteiger partial charge in [0, 0.05) is 6.42 Å². The molecule has 0 bridgehead atoms. The van der Waals surface area contributed by atoms with E-state index >= 15 is 0 Å². The van der Waals surface area contributed by atoms with Crippen LogP contribution in [0.2, 0.25) is 0 Å². The first kappa shape index (κ1) is 13.9. The molecule has 0 atom stereocenters. The number of fused-ring (bicyclic) bond motifs is 1. The van der Waals surface area contributed by atoms with Crippen LogP contribution in [-0.2, 0) is 4.79 Å². The van der Waals surface area contributed by atoms with E-state index in [1.54, 1.807) is 6.07 Å². The van der Waals surface area contributed by atoms with E-state index in [1.807, 2.05) is 24.3 Å². The lowest BCUT2D eigenvalue weighted by Gasteiger charge is -2.04. The van der Waals surface area contributed by atoms with Crippen LogP contribution in [0.25, 0.3) is 11.0 Å². The number of nitrogens with zero attached hydrogens (tertiary/aromatic N) is 1. The molecule has 1 N–H and O–H groups in total. The minimum atomic E-state index is -0.779. The SMILES string of the molecule is N#Cc1oc2ccccc2c1OCCCCCC(=O)O. The first-order valence-corrected chi connectivity index (χ1v) is 6.48. The molecule has 1 heterocycles. The van der Waals surface area contributed by atoms with Gasteiger partial charge in [0.15, 0.2) is 5.75 Å². The fraction of sp³-hybridized carbons (Fsp3) is 0.333. The highest BCUT2D eigenvalue weighted by Gasteiger charge is 2.14. The average molecular weight is 273 g/mol.